The molecule has 0 saturated heterocycles. The Hall–Kier alpha value is -1.76. The Kier molecular flexibility index (Phi) is 4.23. The molecule has 23 heavy (non-hydrogen) atoms. The van der Waals surface area contributed by atoms with Crippen LogP contribution in [0.25, 0.3) is 0 Å². The Morgan fingerprint density at radius 1 is 1.22 bits per heavy atom. The Balaban J connectivity index is 2.16. The van der Waals surface area contributed by atoms with E-state index in [2.05, 4.69) is 20.9 Å². The van der Waals surface area contributed by atoms with Crippen LogP contribution in [0.15, 0.2) is 26.6 Å². The molecule has 0 aromatic heterocycles. The number of methoxy groups -OCH3 is 1. The van der Waals surface area contributed by atoms with Crippen molar-refractivity contribution in [1.82, 2.24) is 0 Å². The molecule has 1 heterocycles. The molecule has 1 spiro atoms. The highest BCUT2D eigenvalue weighted by Crippen LogP contribution is 2.43. The molecule has 3 rings (SSSR count). The molecule has 1 aliphatic carbocycles. The highest BCUT2D eigenvalue weighted by atomic mass is 79.9. The molecule has 1 aliphatic heterocycles. The lowest BCUT2D eigenvalue weighted by Gasteiger charge is -2.46. The third-order valence-corrected chi connectivity index (χ3v) is 5.07. The van der Waals surface area contributed by atoms with Gasteiger partial charge in [-0.25, -0.2) is 4.99 Å². The lowest BCUT2D eigenvalue weighted by Crippen LogP contribution is -2.58. The Bertz CT molecular complexity index is 679. The number of halogens is 1. The fourth-order valence-electron chi connectivity index (χ4n) is 3.55. The highest BCUT2D eigenvalue weighted by molar-refractivity contribution is 9.10. The van der Waals surface area contributed by atoms with Gasteiger partial charge in [-0.2, -0.15) is 4.99 Å². The van der Waals surface area contributed by atoms with Gasteiger partial charge in [0, 0.05) is 10.0 Å². The molecule has 1 fully saturated rings. The maximum Gasteiger partial charge on any atom is 0.220 e. The van der Waals surface area contributed by atoms with Crippen LogP contribution in [0.5, 0.6) is 5.75 Å². The van der Waals surface area contributed by atoms with Gasteiger partial charge in [-0.15, -0.1) is 0 Å². The highest BCUT2D eigenvalue weighted by Gasteiger charge is 2.43. The van der Waals surface area contributed by atoms with E-state index in [1.165, 1.54) is 6.42 Å². The summed E-state index contributed by atoms with van der Waals surface area (Å²) in [4.78, 5) is 10.9. The summed E-state index contributed by atoms with van der Waals surface area (Å²) in [5.74, 6) is 1.46. The number of anilines is 1. The zero-order valence-corrected chi connectivity index (χ0v) is 15.1. The van der Waals surface area contributed by atoms with Crippen LogP contribution in [-0.2, 0) is 0 Å². The van der Waals surface area contributed by atoms with Crippen molar-refractivity contribution in [1.29, 1.82) is 0 Å². The van der Waals surface area contributed by atoms with Crippen molar-refractivity contribution in [2.24, 2.45) is 21.5 Å². The first-order valence-electron chi connectivity index (χ1n) is 7.81. The fraction of sp³-hybridized carbons (Fsp3) is 0.500. The Morgan fingerprint density at radius 2 is 1.91 bits per heavy atom. The number of rotatable bonds is 2. The topological polar surface area (TPSA) is 89.2 Å². The normalized spacial score (nSPS) is 20.2. The first kappa shape index (κ1) is 16.1. The van der Waals surface area contributed by atoms with Gasteiger partial charge in [-0.3, -0.25) is 4.90 Å². The smallest absolute Gasteiger partial charge is 0.220 e. The molecule has 2 aliphatic rings. The van der Waals surface area contributed by atoms with Crippen molar-refractivity contribution in [2.45, 2.75) is 44.7 Å². The van der Waals surface area contributed by atoms with Gasteiger partial charge in [0.15, 0.2) is 0 Å². The summed E-state index contributed by atoms with van der Waals surface area (Å²) in [7, 11) is 1.67. The Morgan fingerprint density at radius 3 is 2.57 bits per heavy atom. The number of nitrogens with zero attached hydrogens (tertiary/aromatic N) is 3. The lowest BCUT2D eigenvalue weighted by atomic mass is 9.87. The number of nitrogens with two attached hydrogens (primary N) is 2. The van der Waals surface area contributed by atoms with E-state index in [1.807, 2.05) is 24.0 Å². The predicted molar refractivity (Wildman–Crippen MR) is 97.0 cm³/mol. The van der Waals surface area contributed by atoms with Crippen LogP contribution >= 0.6 is 15.9 Å². The van der Waals surface area contributed by atoms with Gasteiger partial charge in [0.05, 0.1) is 12.8 Å². The van der Waals surface area contributed by atoms with Gasteiger partial charge in [0.1, 0.15) is 11.4 Å². The maximum atomic E-state index is 6.28. The van der Waals surface area contributed by atoms with Gasteiger partial charge in [-0.1, -0.05) is 22.4 Å². The van der Waals surface area contributed by atoms with Crippen LogP contribution in [0.4, 0.5) is 5.69 Å². The molecular formula is C16H22BrN5O. The minimum absolute atomic E-state index is 0.264. The third kappa shape index (κ3) is 2.78. The van der Waals surface area contributed by atoms with Crippen molar-refractivity contribution in [3.8, 4) is 5.75 Å². The van der Waals surface area contributed by atoms with Crippen LogP contribution in [0.1, 0.15) is 37.7 Å². The first-order valence-corrected chi connectivity index (χ1v) is 8.60. The second-order valence-electron chi connectivity index (χ2n) is 6.07. The van der Waals surface area contributed by atoms with Crippen molar-refractivity contribution in [2.75, 3.05) is 12.0 Å². The first-order chi connectivity index (χ1) is 11.0. The second kappa shape index (κ2) is 6.03. The number of hydrogen-bond acceptors (Lipinski definition) is 6. The van der Waals surface area contributed by atoms with Crippen molar-refractivity contribution in [3.63, 3.8) is 0 Å². The molecule has 0 unspecified atom stereocenters. The molecule has 0 atom stereocenters. The van der Waals surface area contributed by atoms with E-state index in [9.17, 15) is 0 Å². The number of aliphatic imine (C=N–C) groups is 2. The number of guanidine groups is 2. The summed E-state index contributed by atoms with van der Waals surface area (Å²) in [6.07, 6.45) is 5.24. The third-order valence-electron chi connectivity index (χ3n) is 4.61. The van der Waals surface area contributed by atoms with Crippen LogP contribution < -0.4 is 21.1 Å². The van der Waals surface area contributed by atoms with Gasteiger partial charge in [-0.05, 0) is 44.7 Å². The summed E-state index contributed by atoms with van der Waals surface area (Å²) < 4.78 is 6.42. The summed E-state index contributed by atoms with van der Waals surface area (Å²) >= 11 is 3.55. The minimum atomic E-state index is -0.440. The SMILES string of the molecule is COc1cc(Br)cc(N2C(N)=NC(N)=NC23CCCCC3)c1C. The monoisotopic (exact) mass is 379 g/mol. The van der Waals surface area contributed by atoms with E-state index in [4.69, 9.17) is 21.2 Å². The van der Waals surface area contributed by atoms with Crippen LogP contribution in [-0.4, -0.2) is 24.7 Å². The summed E-state index contributed by atoms with van der Waals surface area (Å²) in [5, 5.41) is 0. The quantitative estimate of drug-likeness (QED) is 0.826. The van der Waals surface area contributed by atoms with Crippen LogP contribution in [0.2, 0.25) is 0 Å². The molecule has 0 bridgehead atoms. The molecule has 4 N–H and O–H groups in total. The molecule has 0 radical (unpaired) electrons. The van der Waals surface area contributed by atoms with E-state index in [1.54, 1.807) is 7.11 Å². The fourth-order valence-corrected chi connectivity index (χ4v) is 3.98. The van der Waals surface area contributed by atoms with E-state index in [0.717, 1.165) is 47.2 Å². The molecule has 6 nitrogen and oxygen atoms in total. The van der Waals surface area contributed by atoms with Gasteiger partial charge < -0.3 is 16.2 Å². The van der Waals surface area contributed by atoms with Gasteiger partial charge in [0.25, 0.3) is 0 Å². The predicted octanol–water partition coefficient (Wildman–Crippen LogP) is 2.88. The zero-order chi connectivity index (χ0) is 16.6. The molecule has 7 heteroatoms. The Labute approximate surface area is 144 Å². The lowest BCUT2D eigenvalue weighted by molar-refractivity contribution is 0.305. The van der Waals surface area contributed by atoms with Crippen molar-refractivity contribution in [3.05, 3.63) is 22.2 Å². The molecular weight excluding hydrogens is 358 g/mol. The van der Waals surface area contributed by atoms with E-state index in [-0.39, 0.29) is 5.96 Å². The number of ether oxygens (including phenoxy) is 1. The number of benzene rings is 1. The van der Waals surface area contributed by atoms with Crippen molar-refractivity contribution < 1.29 is 4.74 Å². The maximum absolute atomic E-state index is 6.28. The molecule has 124 valence electrons. The summed E-state index contributed by atoms with van der Waals surface area (Å²) in [5.41, 5.74) is 13.7. The molecule has 1 aromatic rings. The largest absolute Gasteiger partial charge is 0.496 e. The van der Waals surface area contributed by atoms with E-state index in [0.29, 0.717) is 5.96 Å². The van der Waals surface area contributed by atoms with Gasteiger partial charge in [0.2, 0.25) is 11.9 Å². The molecule has 1 aromatic carbocycles. The summed E-state index contributed by atoms with van der Waals surface area (Å²) in [6, 6.07) is 3.98. The van der Waals surface area contributed by atoms with Crippen LogP contribution in [0.3, 0.4) is 0 Å². The van der Waals surface area contributed by atoms with E-state index < -0.39 is 5.66 Å². The van der Waals surface area contributed by atoms with E-state index >= 15 is 0 Å². The minimum Gasteiger partial charge on any atom is -0.496 e. The second-order valence-corrected chi connectivity index (χ2v) is 6.99. The van der Waals surface area contributed by atoms with Crippen molar-refractivity contribution >= 4 is 33.5 Å². The van der Waals surface area contributed by atoms with Gasteiger partial charge >= 0.3 is 0 Å². The zero-order valence-electron chi connectivity index (χ0n) is 13.5. The number of hydrogen-bond donors (Lipinski definition) is 2. The standard InChI is InChI=1S/C16H22BrN5O/c1-10-12(8-11(17)9-13(10)23-2)22-15(19)20-14(18)21-16(22)6-4-3-5-7-16/h8-9H,3-7H2,1-2H3,(H4,18,19,20,21). The van der Waals surface area contributed by atoms with Crippen LogP contribution in [0, 0.1) is 6.92 Å². The average Bonchev–Trinajstić information content (AvgIpc) is 2.50. The average molecular weight is 380 g/mol. The molecule has 1 saturated carbocycles. The summed E-state index contributed by atoms with van der Waals surface area (Å²) in [6.45, 7) is 2.02. The molecule has 0 amide bonds.